The van der Waals surface area contributed by atoms with Crippen molar-refractivity contribution in [3.8, 4) is 5.69 Å². The highest BCUT2D eigenvalue weighted by atomic mass is 19.1. The minimum absolute atomic E-state index is 0.0674. The maximum atomic E-state index is 13.6. The molecule has 0 aliphatic carbocycles. The van der Waals surface area contributed by atoms with Crippen molar-refractivity contribution < 1.29 is 8.78 Å². The third kappa shape index (κ3) is 1.52. The first kappa shape index (κ1) is 10.7. The summed E-state index contributed by atoms with van der Waals surface area (Å²) in [4.78, 5) is 3.93. The summed E-state index contributed by atoms with van der Waals surface area (Å²) in [6, 6.07) is 11.1. The van der Waals surface area contributed by atoms with Crippen LogP contribution < -0.4 is 5.73 Å². The van der Waals surface area contributed by atoms with Crippen molar-refractivity contribution in [3.05, 3.63) is 54.1 Å². The number of hydrogen-bond donors (Lipinski definition) is 1. The van der Waals surface area contributed by atoms with E-state index in [0.29, 0.717) is 11.2 Å². The minimum atomic E-state index is -0.716. The summed E-state index contributed by atoms with van der Waals surface area (Å²) in [7, 11) is 0. The molecule has 0 atom stereocenters. The molecule has 1 heterocycles. The van der Waals surface area contributed by atoms with Gasteiger partial charge in [0.2, 0.25) is 5.95 Å². The van der Waals surface area contributed by atoms with Gasteiger partial charge in [-0.25, -0.2) is 13.8 Å². The zero-order valence-electron chi connectivity index (χ0n) is 9.27. The predicted molar refractivity (Wildman–Crippen MR) is 65.4 cm³/mol. The molecule has 0 bridgehead atoms. The Morgan fingerprint density at radius 3 is 2.50 bits per heavy atom. The molecule has 1 aromatic heterocycles. The zero-order valence-corrected chi connectivity index (χ0v) is 9.27. The Balaban J connectivity index is 2.39. The van der Waals surface area contributed by atoms with E-state index in [4.69, 9.17) is 5.73 Å². The Kier molecular flexibility index (Phi) is 2.26. The normalized spacial score (nSPS) is 11.0. The largest absolute Gasteiger partial charge is 0.369 e. The van der Waals surface area contributed by atoms with Crippen molar-refractivity contribution in [2.45, 2.75) is 0 Å². The molecule has 0 radical (unpaired) electrons. The number of anilines is 1. The first-order chi connectivity index (χ1) is 8.66. The van der Waals surface area contributed by atoms with Crippen molar-refractivity contribution in [1.82, 2.24) is 9.55 Å². The van der Waals surface area contributed by atoms with Crippen LogP contribution in [0.1, 0.15) is 0 Å². The molecule has 0 saturated carbocycles. The van der Waals surface area contributed by atoms with Crippen molar-refractivity contribution in [1.29, 1.82) is 0 Å². The fourth-order valence-corrected chi connectivity index (χ4v) is 1.97. The van der Waals surface area contributed by atoms with Gasteiger partial charge in [-0.2, -0.15) is 0 Å². The average Bonchev–Trinajstić information content (AvgIpc) is 2.67. The summed E-state index contributed by atoms with van der Waals surface area (Å²) in [6.07, 6.45) is 0. The molecule has 2 N–H and O–H groups in total. The zero-order chi connectivity index (χ0) is 12.7. The quantitative estimate of drug-likeness (QED) is 0.716. The lowest BCUT2D eigenvalue weighted by molar-refractivity contribution is 0.590. The van der Waals surface area contributed by atoms with E-state index < -0.39 is 11.6 Å². The van der Waals surface area contributed by atoms with E-state index in [1.54, 1.807) is 12.1 Å². The van der Waals surface area contributed by atoms with Gasteiger partial charge in [-0.3, -0.25) is 4.57 Å². The summed E-state index contributed by atoms with van der Waals surface area (Å²) >= 11 is 0. The topological polar surface area (TPSA) is 43.8 Å². The second kappa shape index (κ2) is 3.80. The van der Waals surface area contributed by atoms with Gasteiger partial charge in [-0.1, -0.05) is 18.2 Å². The summed E-state index contributed by atoms with van der Waals surface area (Å²) in [5.74, 6) is -1.25. The van der Waals surface area contributed by atoms with Gasteiger partial charge in [0.25, 0.3) is 0 Å². The predicted octanol–water partition coefficient (Wildman–Crippen LogP) is 2.89. The van der Waals surface area contributed by atoms with Crippen LogP contribution in [0.25, 0.3) is 16.7 Å². The molecule has 0 aliphatic rings. The van der Waals surface area contributed by atoms with E-state index in [9.17, 15) is 8.78 Å². The number of halogens is 2. The number of benzene rings is 2. The van der Waals surface area contributed by atoms with Crippen LogP contribution in [0.4, 0.5) is 14.7 Å². The van der Waals surface area contributed by atoms with Gasteiger partial charge >= 0.3 is 0 Å². The second-order valence-electron chi connectivity index (χ2n) is 3.90. The molecular weight excluding hydrogens is 236 g/mol. The maximum absolute atomic E-state index is 13.6. The number of nitrogen functional groups attached to an aromatic ring is 1. The highest BCUT2D eigenvalue weighted by molar-refractivity contribution is 5.81. The van der Waals surface area contributed by atoms with Gasteiger partial charge in [0.15, 0.2) is 5.82 Å². The highest BCUT2D eigenvalue weighted by Crippen LogP contribution is 2.25. The van der Waals surface area contributed by atoms with Crippen molar-refractivity contribution >= 4 is 17.0 Å². The number of nitrogens with zero attached hydrogens (tertiary/aromatic N) is 2. The van der Waals surface area contributed by atoms with Gasteiger partial charge in [0, 0.05) is 17.8 Å². The lowest BCUT2D eigenvalue weighted by Crippen LogP contribution is -2.00. The van der Waals surface area contributed by atoms with Crippen LogP contribution in [0.2, 0.25) is 0 Å². The third-order valence-corrected chi connectivity index (χ3v) is 2.72. The van der Waals surface area contributed by atoms with Gasteiger partial charge < -0.3 is 5.73 Å². The van der Waals surface area contributed by atoms with E-state index in [-0.39, 0.29) is 11.5 Å². The van der Waals surface area contributed by atoms with Crippen LogP contribution in [0, 0.1) is 11.6 Å². The van der Waals surface area contributed by atoms with E-state index in [1.165, 1.54) is 10.6 Å². The molecular formula is C13H9F2N3. The first-order valence-corrected chi connectivity index (χ1v) is 5.35. The summed E-state index contributed by atoms with van der Waals surface area (Å²) in [5.41, 5.74) is 6.86. The number of hydrogen-bond acceptors (Lipinski definition) is 2. The molecule has 90 valence electrons. The molecule has 3 aromatic rings. The molecule has 0 spiro atoms. The van der Waals surface area contributed by atoms with E-state index >= 15 is 0 Å². The summed E-state index contributed by atoms with van der Waals surface area (Å²) in [5, 5.41) is 0. The van der Waals surface area contributed by atoms with Crippen LogP contribution in [-0.4, -0.2) is 9.55 Å². The Bertz CT molecular complexity index is 720. The third-order valence-electron chi connectivity index (χ3n) is 2.72. The van der Waals surface area contributed by atoms with Crippen LogP contribution in [-0.2, 0) is 0 Å². The molecule has 0 amide bonds. The number of fused-ring (bicyclic) bond motifs is 1. The minimum Gasteiger partial charge on any atom is -0.369 e. The van der Waals surface area contributed by atoms with E-state index in [1.807, 2.05) is 18.2 Å². The average molecular weight is 245 g/mol. The van der Waals surface area contributed by atoms with Crippen LogP contribution in [0.5, 0.6) is 0 Å². The van der Waals surface area contributed by atoms with Crippen LogP contribution in [0.3, 0.4) is 0 Å². The maximum Gasteiger partial charge on any atom is 0.206 e. The van der Waals surface area contributed by atoms with E-state index in [2.05, 4.69) is 4.98 Å². The molecule has 18 heavy (non-hydrogen) atoms. The molecule has 0 unspecified atom stereocenters. The monoisotopic (exact) mass is 245 g/mol. The highest BCUT2D eigenvalue weighted by Gasteiger charge is 2.14. The smallest absolute Gasteiger partial charge is 0.206 e. The number of nitrogens with two attached hydrogens (primary N) is 1. The van der Waals surface area contributed by atoms with Gasteiger partial charge in [0.1, 0.15) is 11.3 Å². The number of rotatable bonds is 1. The summed E-state index contributed by atoms with van der Waals surface area (Å²) in [6.45, 7) is 0. The molecule has 0 fully saturated rings. The van der Waals surface area contributed by atoms with E-state index in [0.717, 1.165) is 6.07 Å². The van der Waals surface area contributed by atoms with Gasteiger partial charge in [-0.05, 0) is 12.1 Å². The van der Waals surface area contributed by atoms with Gasteiger partial charge in [-0.15, -0.1) is 0 Å². The number of imidazole rings is 1. The standard InChI is InChI=1S/C13H9F2N3/c14-8-6-10(15)12-11(7-8)18(13(16)17-12)9-4-2-1-3-5-9/h1-7H,(H2,16,17). The van der Waals surface area contributed by atoms with Gasteiger partial charge in [0.05, 0.1) is 5.52 Å². The molecule has 0 aliphatic heterocycles. The first-order valence-electron chi connectivity index (χ1n) is 5.35. The van der Waals surface area contributed by atoms with Crippen molar-refractivity contribution in [2.75, 3.05) is 5.73 Å². The van der Waals surface area contributed by atoms with Crippen LogP contribution in [0.15, 0.2) is 42.5 Å². The Labute approximate surface area is 101 Å². The Morgan fingerprint density at radius 1 is 1.06 bits per heavy atom. The lowest BCUT2D eigenvalue weighted by Gasteiger charge is -2.05. The summed E-state index contributed by atoms with van der Waals surface area (Å²) < 4.78 is 28.4. The molecule has 3 rings (SSSR count). The molecule has 5 heteroatoms. The Morgan fingerprint density at radius 2 is 1.78 bits per heavy atom. The van der Waals surface area contributed by atoms with Crippen molar-refractivity contribution in [3.63, 3.8) is 0 Å². The van der Waals surface area contributed by atoms with Crippen LogP contribution >= 0.6 is 0 Å². The Hall–Kier alpha value is -2.43. The number of para-hydroxylation sites is 1. The fraction of sp³-hybridized carbons (Fsp3) is 0. The molecule has 2 aromatic carbocycles. The SMILES string of the molecule is Nc1nc2c(F)cc(F)cc2n1-c1ccccc1. The molecule has 3 nitrogen and oxygen atoms in total. The lowest BCUT2D eigenvalue weighted by atomic mass is 10.2. The second-order valence-corrected chi connectivity index (χ2v) is 3.90. The molecule has 0 saturated heterocycles. The van der Waals surface area contributed by atoms with Crippen molar-refractivity contribution in [2.24, 2.45) is 0 Å². The fourth-order valence-electron chi connectivity index (χ4n) is 1.97. The number of aromatic nitrogens is 2.